The van der Waals surface area contributed by atoms with Crippen molar-refractivity contribution in [2.24, 2.45) is 0 Å². The SMILES string of the molecule is CCC1CCC(C)N1S(=O)(=O)c1ccc(F)c(N)c1F. The molecule has 7 heteroatoms. The summed E-state index contributed by atoms with van der Waals surface area (Å²) in [5.74, 6) is -2.16. The van der Waals surface area contributed by atoms with Crippen molar-refractivity contribution in [3.63, 3.8) is 0 Å². The third-order valence-corrected chi connectivity index (χ3v) is 5.91. The van der Waals surface area contributed by atoms with Crippen LogP contribution < -0.4 is 5.73 Å². The van der Waals surface area contributed by atoms with Crippen LogP contribution in [0.5, 0.6) is 0 Å². The van der Waals surface area contributed by atoms with Crippen LogP contribution in [-0.4, -0.2) is 24.8 Å². The molecule has 1 heterocycles. The van der Waals surface area contributed by atoms with Crippen molar-refractivity contribution in [3.05, 3.63) is 23.8 Å². The second-order valence-corrected chi connectivity index (χ2v) is 6.91. The fourth-order valence-corrected chi connectivity index (χ4v) is 4.76. The molecule has 1 aromatic rings. The van der Waals surface area contributed by atoms with Crippen molar-refractivity contribution >= 4 is 15.7 Å². The molecule has 2 rings (SSSR count). The largest absolute Gasteiger partial charge is 0.394 e. The van der Waals surface area contributed by atoms with E-state index in [-0.39, 0.29) is 12.1 Å². The standard InChI is InChI=1S/C13H18F2N2O2S/c1-3-9-5-4-8(2)17(9)20(18,19)11-7-6-10(14)13(16)12(11)15/h6-9H,3-5,16H2,1-2H3. The minimum absolute atomic E-state index is 0.152. The molecule has 2 N–H and O–H groups in total. The van der Waals surface area contributed by atoms with Gasteiger partial charge in [0.1, 0.15) is 16.4 Å². The Labute approximate surface area is 117 Å². The number of nitrogens with two attached hydrogens (primary N) is 1. The number of benzene rings is 1. The third kappa shape index (κ3) is 2.29. The molecule has 20 heavy (non-hydrogen) atoms. The van der Waals surface area contributed by atoms with E-state index in [1.165, 1.54) is 4.31 Å². The van der Waals surface area contributed by atoms with E-state index in [4.69, 9.17) is 5.73 Å². The molecule has 1 saturated heterocycles. The van der Waals surface area contributed by atoms with E-state index in [2.05, 4.69) is 0 Å². The number of nitrogens with zero attached hydrogens (tertiary/aromatic N) is 1. The summed E-state index contributed by atoms with van der Waals surface area (Å²) in [5.41, 5.74) is 4.49. The van der Waals surface area contributed by atoms with Crippen LogP contribution in [0.3, 0.4) is 0 Å². The molecular formula is C13H18F2N2O2S. The summed E-state index contributed by atoms with van der Waals surface area (Å²) >= 11 is 0. The molecule has 112 valence electrons. The first kappa shape index (κ1) is 15.2. The van der Waals surface area contributed by atoms with Crippen LogP contribution in [-0.2, 0) is 10.0 Å². The number of rotatable bonds is 3. The van der Waals surface area contributed by atoms with Gasteiger partial charge in [0.2, 0.25) is 10.0 Å². The highest BCUT2D eigenvalue weighted by molar-refractivity contribution is 7.89. The van der Waals surface area contributed by atoms with Crippen molar-refractivity contribution in [1.82, 2.24) is 4.31 Å². The fraction of sp³-hybridized carbons (Fsp3) is 0.538. The van der Waals surface area contributed by atoms with Crippen molar-refractivity contribution in [2.45, 2.75) is 50.1 Å². The average Bonchev–Trinajstić information content (AvgIpc) is 2.77. The highest BCUT2D eigenvalue weighted by atomic mass is 32.2. The molecule has 0 saturated carbocycles. The zero-order chi connectivity index (χ0) is 15.1. The molecule has 0 bridgehead atoms. The first-order valence-corrected chi connectivity index (χ1v) is 8.01. The molecule has 2 unspecified atom stereocenters. The van der Waals surface area contributed by atoms with Gasteiger partial charge in [-0.1, -0.05) is 6.92 Å². The summed E-state index contributed by atoms with van der Waals surface area (Å²) in [6, 6.07) is 1.47. The zero-order valence-electron chi connectivity index (χ0n) is 11.4. The number of sulfonamides is 1. The van der Waals surface area contributed by atoms with E-state index < -0.39 is 32.2 Å². The normalized spacial score (nSPS) is 24.2. The van der Waals surface area contributed by atoms with Crippen LogP contribution in [0.2, 0.25) is 0 Å². The topological polar surface area (TPSA) is 63.4 Å². The van der Waals surface area contributed by atoms with Gasteiger partial charge < -0.3 is 5.73 Å². The molecule has 0 spiro atoms. The Kier molecular flexibility index (Phi) is 4.02. The van der Waals surface area contributed by atoms with E-state index in [1.54, 1.807) is 6.92 Å². The maximum absolute atomic E-state index is 14.0. The number of hydrogen-bond donors (Lipinski definition) is 1. The molecule has 1 aromatic carbocycles. The first-order valence-electron chi connectivity index (χ1n) is 6.57. The molecule has 0 radical (unpaired) electrons. The lowest BCUT2D eigenvalue weighted by Crippen LogP contribution is -2.40. The van der Waals surface area contributed by atoms with Crippen LogP contribution in [0.15, 0.2) is 17.0 Å². The lowest BCUT2D eigenvalue weighted by molar-refractivity contribution is 0.327. The minimum atomic E-state index is -4.01. The van der Waals surface area contributed by atoms with Gasteiger partial charge in [0.25, 0.3) is 0 Å². The van der Waals surface area contributed by atoms with Gasteiger partial charge in [-0.2, -0.15) is 4.31 Å². The number of nitrogen functional groups attached to an aromatic ring is 1. The fourth-order valence-electron chi connectivity index (χ4n) is 2.73. The predicted octanol–water partition coefficient (Wildman–Crippen LogP) is 2.50. The van der Waals surface area contributed by atoms with E-state index in [9.17, 15) is 17.2 Å². The molecule has 2 atom stereocenters. The Morgan fingerprint density at radius 3 is 2.60 bits per heavy atom. The lowest BCUT2D eigenvalue weighted by Gasteiger charge is -2.27. The Morgan fingerprint density at radius 2 is 2.00 bits per heavy atom. The molecule has 0 amide bonds. The van der Waals surface area contributed by atoms with E-state index in [1.807, 2.05) is 6.92 Å². The van der Waals surface area contributed by atoms with Crippen LogP contribution in [0.25, 0.3) is 0 Å². The van der Waals surface area contributed by atoms with Crippen LogP contribution >= 0.6 is 0 Å². The summed E-state index contributed by atoms with van der Waals surface area (Å²) in [7, 11) is -4.01. The van der Waals surface area contributed by atoms with E-state index in [0.29, 0.717) is 6.42 Å². The van der Waals surface area contributed by atoms with Crippen LogP contribution in [0.1, 0.15) is 33.1 Å². The summed E-state index contributed by atoms with van der Waals surface area (Å²) in [4.78, 5) is -0.552. The van der Waals surface area contributed by atoms with E-state index in [0.717, 1.165) is 25.0 Å². The zero-order valence-corrected chi connectivity index (χ0v) is 12.3. The second-order valence-electron chi connectivity index (χ2n) is 5.10. The van der Waals surface area contributed by atoms with Crippen molar-refractivity contribution in [2.75, 3.05) is 5.73 Å². The molecule has 4 nitrogen and oxygen atoms in total. The van der Waals surface area contributed by atoms with Gasteiger partial charge in [0.15, 0.2) is 5.82 Å². The molecule has 0 aromatic heterocycles. The summed E-state index contributed by atoms with van der Waals surface area (Å²) < 4.78 is 53.7. The van der Waals surface area contributed by atoms with Gasteiger partial charge in [-0.25, -0.2) is 17.2 Å². The van der Waals surface area contributed by atoms with Crippen LogP contribution in [0, 0.1) is 11.6 Å². The first-order chi connectivity index (χ1) is 9.30. The maximum Gasteiger partial charge on any atom is 0.246 e. The second kappa shape index (κ2) is 5.29. The van der Waals surface area contributed by atoms with Crippen LogP contribution in [0.4, 0.5) is 14.5 Å². The monoisotopic (exact) mass is 304 g/mol. The average molecular weight is 304 g/mol. The maximum atomic E-state index is 14.0. The van der Waals surface area contributed by atoms with Crippen molar-refractivity contribution < 1.29 is 17.2 Å². The van der Waals surface area contributed by atoms with Gasteiger partial charge in [-0.3, -0.25) is 0 Å². The highest BCUT2D eigenvalue weighted by Crippen LogP contribution is 2.34. The van der Waals surface area contributed by atoms with Gasteiger partial charge in [0, 0.05) is 12.1 Å². The smallest absolute Gasteiger partial charge is 0.246 e. The lowest BCUT2D eigenvalue weighted by atomic mass is 10.2. The third-order valence-electron chi connectivity index (χ3n) is 3.83. The number of hydrogen-bond acceptors (Lipinski definition) is 3. The van der Waals surface area contributed by atoms with Crippen molar-refractivity contribution in [1.29, 1.82) is 0 Å². The molecule has 1 aliphatic heterocycles. The summed E-state index contributed by atoms with van der Waals surface area (Å²) in [5, 5.41) is 0. The Hall–Kier alpha value is -1.21. The quantitative estimate of drug-likeness (QED) is 0.873. The highest BCUT2D eigenvalue weighted by Gasteiger charge is 2.40. The number of anilines is 1. The minimum Gasteiger partial charge on any atom is -0.394 e. The van der Waals surface area contributed by atoms with Crippen molar-refractivity contribution in [3.8, 4) is 0 Å². The Bertz CT molecular complexity index is 619. The summed E-state index contributed by atoms with van der Waals surface area (Å²) in [6.07, 6.45) is 2.13. The van der Waals surface area contributed by atoms with Gasteiger partial charge in [-0.05, 0) is 38.3 Å². The van der Waals surface area contributed by atoms with Gasteiger partial charge in [0.05, 0.1) is 0 Å². The van der Waals surface area contributed by atoms with Gasteiger partial charge >= 0.3 is 0 Å². The van der Waals surface area contributed by atoms with Gasteiger partial charge in [-0.15, -0.1) is 0 Å². The Balaban J connectivity index is 2.53. The molecule has 1 fully saturated rings. The predicted molar refractivity (Wildman–Crippen MR) is 72.6 cm³/mol. The number of halogens is 2. The van der Waals surface area contributed by atoms with E-state index >= 15 is 0 Å². The summed E-state index contributed by atoms with van der Waals surface area (Å²) in [6.45, 7) is 3.68. The Morgan fingerprint density at radius 1 is 1.35 bits per heavy atom. The molecule has 0 aliphatic carbocycles. The molecular weight excluding hydrogens is 286 g/mol. The molecule has 1 aliphatic rings.